The maximum Gasteiger partial charge on any atom is 0.255 e. The quantitative estimate of drug-likeness (QED) is 0.0993. The molecule has 0 saturated heterocycles. The van der Waals surface area contributed by atoms with Crippen molar-refractivity contribution in [2.45, 2.75) is 0 Å². The van der Waals surface area contributed by atoms with Gasteiger partial charge in [0.2, 0.25) is 0 Å². The summed E-state index contributed by atoms with van der Waals surface area (Å²) in [5.74, 6) is 0.192. The molecule has 0 aliphatic rings. The van der Waals surface area contributed by atoms with E-state index in [-0.39, 0.29) is 47.0 Å². The van der Waals surface area contributed by atoms with Gasteiger partial charge in [-0.15, -0.1) is 48.5 Å². The van der Waals surface area contributed by atoms with Crippen LogP contribution in [0.5, 0.6) is 0 Å². The summed E-state index contributed by atoms with van der Waals surface area (Å²) in [5, 5.41) is 0. The molecule has 0 unspecified atom stereocenters. The van der Waals surface area contributed by atoms with Gasteiger partial charge in [-0.3, -0.25) is 0 Å². The first-order valence-corrected chi connectivity index (χ1v) is 10.7. The standard InChI is InChI=1S/2C15H11O2.Sn/c2*16-14(12-7-3-1-4-8-12)11-15(17)13-9-5-2-6-10-13;/h2*1-11H;/q2*-1;/p+4. The molecule has 0 atom stereocenters. The number of rotatable bonds is 8. The molecule has 4 nitrogen and oxygen atoms in total. The maximum absolute atomic E-state index is 9.83. The van der Waals surface area contributed by atoms with Crippen LogP contribution in [0.2, 0.25) is 0 Å². The van der Waals surface area contributed by atoms with E-state index in [1.54, 1.807) is 48.5 Å². The first-order chi connectivity index (χ1) is 16.5. The number of hydrogen-bond donors (Lipinski definition) is 0. The minimum Gasteiger partial charge on any atom is -0.300 e. The maximum atomic E-state index is 9.83. The molecular weight excluding hydrogens is 543 g/mol. The molecule has 0 saturated carbocycles. The Labute approximate surface area is 222 Å². The van der Waals surface area contributed by atoms with E-state index >= 15 is 0 Å². The Kier molecular flexibility index (Phi) is 11.2. The fraction of sp³-hybridized carbons (Fsp3) is 0. The van der Waals surface area contributed by atoms with Crippen LogP contribution in [0.4, 0.5) is 0 Å². The molecule has 0 aromatic heterocycles. The molecule has 5 heteroatoms. The van der Waals surface area contributed by atoms with E-state index in [1.807, 2.05) is 72.8 Å². The predicted molar refractivity (Wildman–Crippen MR) is 144 cm³/mol. The van der Waals surface area contributed by atoms with Gasteiger partial charge in [0, 0.05) is 36.7 Å². The summed E-state index contributed by atoms with van der Waals surface area (Å²) in [7, 11) is 0. The Morgan fingerprint density at radius 1 is 0.343 bits per heavy atom. The Morgan fingerprint density at radius 2 is 0.514 bits per heavy atom. The molecule has 4 aromatic carbocycles. The van der Waals surface area contributed by atoms with Gasteiger partial charge in [0.25, 0.3) is 23.1 Å². The van der Waals surface area contributed by atoms with Crippen LogP contribution in [-0.2, 0) is 0 Å². The Morgan fingerprint density at radius 3 is 0.686 bits per heavy atom. The van der Waals surface area contributed by atoms with Crippen LogP contribution >= 0.6 is 0 Å². The third-order valence-corrected chi connectivity index (χ3v) is 4.83. The third kappa shape index (κ3) is 8.76. The molecular formula is C30H26O4Sn+2. The van der Waals surface area contributed by atoms with E-state index in [0.29, 0.717) is 22.3 Å². The van der Waals surface area contributed by atoms with Crippen LogP contribution in [0.25, 0.3) is 0 Å². The number of carbonyl (C=O) groups excluding carboxylic acids is 4. The van der Waals surface area contributed by atoms with Crippen molar-refractivity contribution in [1.29, 1.82) is 0 Å². The molecule has 172 valence electrons. The average Bonchev–Trinajstić information content (AvgIpc) is 2.91. The van der Waals surface area contributed by atoms with Gasteiger partial charge in [-0.25, -0.2) is 0 Å². The SMILES string of the molecule is [OH+]=C([CH-]C(=[OH+])c1ccccc1)c1ccccc1.[OH+]=C([CH-]C(=[OH+])c1ccccc1)c1ccccc1.[Sn]. The number of ketones is 4. The second kappa shape index (κ2) is 14.4. The normalized spacial score (nSPS) is 9.37. The van der Waals surface area contributed by atoms with Crippen LogP contribution in [0.3, 0.4) is 0 Å². The minimum atomic E-state index is 0. The van der Waals surface area contributed by atoms with Crippen LogP contribution in [-0.4, -0.2) is 66.2 Å². The second-order valence-corrected chi connectivity index (χ2v) is 7.29. The van der Waals surface area contributed by atoms with E-state index < -0.39 is 0 Å². The zero-order valence-electron chi connectivity index (χ0n) is 19.0. The van der Waals surface area contributed by atoms with Crippen molar-refractivity contribution in [3.8, 4) is 0 Å². The predicted octanol–water partition coefficient (Wildman–Crippen LogP) is 4.37. The molecule has 0 spiro atoms. The van der Waals surface area contributed by atoms with E-state index in [4.69, 9.17) is 0 Å². The van der Waals surface area contributed by atoms with Crippen molar-refractivity contribution in [2.24, 2.45) is 0 Å². The zero-order valence-corrected chi connectivity index (χ0v) is 21.8. The van der Waals surface area contributed by atoms with Crippen LogP contribution < -0.4 is 0 Å². The van der Waals surface area contributed by atoms with Crippen LogP contribution in [0.1, 0.15) is 22.3 Å². The Balaban J connectivity index is 0.000000240. The van der Waals surface area contributed by atoms with Gasteiger partial charge in [0.05, 0.1) is 0 Å². The van der Waals surface area contributed by atoms with Crippen LogP contribution in [0.15, 0.2) is 121 Å². The molecule has 0 aliphatic heterocycles. The molecule has 4 rings (SSSR count). The van der Waals surface area contributed by atoms with Gasteiger partial charge in [-0.2, -0.15) is 0 Å². The molecule has 0 bridgehead atoms. The Hall–Kier alpha value is -3.90. The summed E-state index contributed by atoms with van der Waals surface area (Å²) in [4.78, 5) is 39.3. The molecule has 0 heterocycles. The fourth-order valence-corrected chi connectivity index (χ4v) is 3.03. The largest absolute Gasteiger partial charge is 0.300 e. The molecule has 4 aromatic rings. The molecule has 4 N–H and O–H groups in total. The Bertz CT molecular complexity index is 1040. The molecule has 4 radical (unpaired) electrons. The van der Waals surface area contributed by atoms with Crippen molar-refractivity contribution >= 4 is 47.0 Å². The molecule has 35 heavy (non-hydrogen) atoms. The average molecular weight is 569 g/mol. The summed E-state index contributed by atoms with van der Waals surface area (Å²) < 4.78 is 0. The van der Waals surface area contributed by atoms with E-state index in [2.05, 4.69) is 0 Å². The fourth-order valence-electron chi connectivity index (χ4n) is 3.03. The first-order valence-electron chi connectivity index (χ1n) is 10.7. The second-order valence-electron chi connectivity index (χ2n) is 7.29. The van der Waals surface area contributed by atoms with Gasteiger partial charge in [-0.1, -0.05) is 72.8 Å². The summed E-state index contributed by atoms with van der Waals surface area (Å²) >= 11 is 0. The third-order valence-electron chi connectivity index (χ3n) is 4.83. The van der Waals surface area contributed by atoms with Gasteiger partial charge >= 0.3 is 0 Å². The van der Waals surface area contributed by atoms with Gasteiger partial charge in [0.15, 0.2) is 0 Å². The summed E-state index contributed by atoms with van der Waals surface area (Å²) in [5.41, 5.74) is 2.70. The molecule has 0 amide bonds. The topological polar surface area (TPSA) is 85.6 Å². The number of benzene rings is 4. The van der Waals surface area contributed by atoms with Crippen molar-refractivity contribution in [3.05, 3.63) is 156 Å². The summed E-state index contributed by atoms with van der Waals surface area (Å²) in [6.45, 7) is 0. The van der Waals surface area contributed by atoms with E-state index in [9.17, 15) is 19.2 Å². The molecule has 0 aliphatic carbocycles. The summed E-state index contributed by atoms with van der Waals surface area (Å²) in [6, 6.07) is 36.4. The molecule has 0 fully saturated rings. The van der Waals surface area contributed by atoms with Crippen LogP contribution in [0, 0.1) is 12.8 Å². The van der Waals surface area contributed by atoms with Gasteiger partial charge in [-0.05, 0) is 22.3 Å². The monoisotopic (exact) mass is 570 g/mol. The van der Waals surface area contributed by atoms with Crippen molar-refractivity contribution < 1.29 is 19.2 Å². The van der Waals surface area contributed by atoms with Crippen molar-refractivity contribution in [2.75, 3.05) is 0 Å². The zero-order chi connectivity index (χ0) is 24.2. The minimum absolute atomic E-state index is 0. The van der Waals surface area contributed by atoms with E-state index in [1.165, 1.54) is 12.8 Å². The van der Waals surface area contributed by atoms with Gasteiger partial charge in [0.1, 0.15) is 0 Å². The van der Waals surface area contributed by atoms with Crippen molar-refractivity contribution in [3.63, 3.8) is 0 Å². The smallest absolute Gasteiger partial charge is 0.255 e. The van der Waals surface area contributed by atoms with Gasteiger partial charge < -0.3 is 19.2 Å². The van der Waals surface area contributed by atoms with E-state index in [0.717, 1.165) is 0 Å². The summed E-state index contributed by atoms with van der Waals surface area (Å²) in [6.07, 6.45) is 2.70. The first kappa shape index (κ1) is 27.3. The number of hydrogen-bond acceptors (Lipinski definition) is 0. The van der Waals surface area contributed by atoms with Crippen molar-refractivity contribution in [1.82, 2.24) is 0 Å².